The monoisotopic (exact) mass is 345 g/mol. The number of nitrogens with zero attached hydrogens (tertiary/aromatic N) is 1. The van der Waals surface area contributed by atoms with Crippen molar-refractivity contribution >= 4 is 34.4 Å². The average Bonchev–Trinajstić information content (AvgIpc) is 2.55. The Morgan fingerprint density at radius 1 is 1.04 bits per heavy atom. The fourth-order valence-electron chi connectivity index (χ4n) is 2.59. The van der Waals surface area contributed by atoms with Crippen LogP contribution in [-0.4, -0.2) is 18.2 Å². The maximum absolute atomic E-state index is 13.6. The van der Waals surface area contributed by atoms with Gasteiger partial charge < -0.3 is 15.5 Å². The summed E-state index contributed by atoms with van der Waals surface area (Å²) in [4.78, 5) is 2.30. The van der Waals surface area contributed by atoms with Crippen molar-refractivity contribution in [1.29, 1.82) is 0 Å². The molecule has 2 N–H and O–H groups in total. The first-order valence-corrected chi connectivity index (χ1v) is 8.55. The zero-order chi connectivity index (χ0) is 17.7. The Labute approximate surface area is 148 Å². The summed E-state index contributed by atoms with van der Waals surface area (Å²) in [6, 6.07) is 11.2. The van der Waals surface area contributed by atoms with E-state index in [4.69, 9.17) is 12.2 Å². The minimum atomic E-state index is -0.248. The van der Waals surface area contributed by atoms with Crippen molar-refractivity contribution in [3.8, 4) is 0 Å². The van der Waals surface area contributed by atoms with Crippen molar-refractivity contribution < 1.29 is 4.39 Å². The number of hydrogen-bond donors (Lipinski definition) is 2. The van der Waals surface area contributed by atoms with Crippen molar-refractivity contribution in [2.24, 2.45) is 0 Å². The van der Waals surface area contributed by atoms with Gasteiger partial charge in [-0.3, -0.25) is 0 Å². The van der Waals surface area contributed by atoms with E-state index in [-0.39, 0.29) is 5.82 Å². The van der Waals surface area contributed by atoms with Crippen molar-refractivity contribution in [2.75, 3.05) is 28.6 Å². The first-order chi connectivity index (χ1) is 11.5. The average molecular weight is 345 g/mol. The molecule has 0 atom stereocenters. The molecule has 5 heteroatoms. The number of aryl methyl sites for hydroxylation is 1. The molecule has 0 heterocycles. The molecule has 0 saturated heterocycles. The second-order valence-corrected chi connectivity index (χ2v) is 6.07. The SMILES string of the molecule is CCN(CC)c1ccc(NC(=S)Nc2cccc(F)c2C)c(C)c1. The van der Waals surface area contributed by atoms with E-state index in [1.54, 1.807) is 13.0 Å². The molecule has 0 spiro atoms. The summed E-state index contributed by atoms with van der Waals surface area (Å²) in [6.45, 7) is 10.0. The number of thiocarbonyl (C=S) groups is 1. The van der Waals surface area contributed by atoms with Gasteiger partial charge in [0, 0.05) is 35.7 Å². The van der Waals surface area contributed by atoms with Crippen LogP contribution in [-0.2, 0) is 0 Å². The first-order valence-electron chi connectivity index (χ1n) is 8.15. The molecule has 2 aromatic rings. The third kappa shape index (κ3) is 4.23. The molecular weight excluding hydrogens is 321 g/mol. The Morgan fingerprint density at radius 2 is 1.71 bits per heavy atom. The van der Waals surface area contributed by atoms with E-state index in [0.29, 0.717) is 16.4 Å². The van der Waals surface area contributed by atoms with Gasteiger partial charge in [0.1, 0.15) is 5.82 Å². The fraction of sp³-hybridized carbons (Fsp3) is 0.316. The fourth-order valence-corrected chi connectivity index (χ4v) is 2.81. The lowest BCUT2D eigenvalue weighted by molar-refractivity contribution is 0.619. The Hall–Kier alpha value is -2.14. The molecule has 0 amide bonds. The molecule has 128 valence electrons. The lowest BCUT2D eigenvalue weighted by Gasteiger charge is -2.22. The Kier molecular flexibility index (Phi) is 6.15. The van der Waals surface area contributed by atoms with E-state index in [0.717, 1.165) is 24.3 Å². The van der Waals surface area contributed by atoms with Crippen LogP contribution in [0.1, 0.15) is 25.0 Å². The molecule has 2 rings (SSSR count). The summed E-state index contributed by atoms with van der Waals surface area (Å²) in [5.41, 5.74) is 4.47. The molecule has 0 aliphatic carbocycles. The van der Waals surface area contributed by atoms with Gasteiger partial charge in [0.05, 0.1) is 0 Å². The van der Waals surface area contributed by atoms with Crippen LogP contribution in [0, 0.1) is 19.7 Å². The van der Waals surface area contributed by atoms with Gasteiger partial charge in [0.2, 0.25) is 0 Å². The second-order valence-electron chi connectivity index (χ2n) is 5.66. The van der Waals surface area contributed by atoms with E-state index >= 15 is 0 Å². The van der Waals surface area contributed by atoms with Crippen LogP contribution in [0.3, 0.4) is 0 Å². The molecular formula is C19H24FN3S. The molecule has 3 nitrogen and oxygen atoms in total. The summed E-state index contributed by atoms with van der Waals surface area (Å²) >= 11 is 5.36. The van der Waals surface area contributed by atoms with Crippen LogP contribution in [0.15, 0.2) is 36.4 Å². The molecule has 0 radical (unpaired) electrons. The third-order valence-corrected chi connectivity index (χ3v) is 4.31. The van der Waals surface area contributed by atoms with Crippen LogP contribution in [0.5, 0.6) is 0 Å². The largest absolute Gasteiger partial charge is 0.372 e. The predicted molar refractivity (Wildman–Crippen MR) is 106 cm³/mol. The number of nitrogens with one attached hydrogen (secondary N) is 2. The summed E-state index contributed by atoms with van der Waals surface area (Å²) in [7, 11) is 0. The van der Waals surface area contributed by atoms with Crippen molar-refractivity contribution in [2.45, 2.75) is 27.7 Å². The van der Waals surface area contributed by atoms with Gasteiger partial charge in [-0.15, -0.1) is 0 Å². The van der Waals surface area contributed by atoms with E-state index < -0.39 is 0 Å². The summed E-state index contributed by atoms with van der Waals surface area (Å²) in [6.07, 6.45) is 0. The highest BCUT2D eigenvalue weighted by Crippen LogP contribution is 2.23. The molecule has 0 bridgehead atoms. The van der Waals surface area contributed by atoms with Gasteiger partial charge >= 0.3 is 0 Å². The normalized spacial score (nSPS) is 10.4. The minimum Gasteiger partial charge on any atom is -0.372 e. The number of anilines is 3. The van der Waals surface area contributed by atoms with E-state index in [1.807, 2.05) is 19.1 Å². The van der Waals surface area contributed by atoms with Crippen LogP contribution in [0.2, 0.25) is 0 Å². The number of benzene rings is 2. The highest BCUT2D eigenvalue weighted by atomic mass is 32.1. The van der Waals surface area contributed by atoms with Gasteiger partial charge in [-0.25, -0.2) is 4.39 Å². The van der Waals surface area contributed by atoms with Crippen LogP contribution in [0.4, 0.5) is 21.5 Å². The molecule has 24 heavy (non-hydrogen) atoms. The van der Waals surface area contributed by atoms with E-state index in [2.05, 4.69) is 41.5 Å². The lowest BCUT2D eigenvalue weighted by Crippen LogP contribution is -2.23. The molecule has 0 aliphatic rings. The van der Waals surface area contributed by atoms with Gasteiger partial charge in [0.15, 0.2) is 5.11 Å². The quantitative estimate of drug-likeness (QED) is 0.738. The number of halogens is 1. The molecule has 2 aromatic carbocycles. The third-order valence-electron chi connectivity index (χ3n) is 4.10. The standard InChI is InChI=1S/C19H24FN3S/c1-5-23(6-2)15-10-11-17(13(3)12-15)21-19(24)22-18-9-7-8-16(20)14(18)4/h7-12H,5-6H2,1-4H3,(H2,21,22,24). The van der Waals surface area contributed by atoms with Gasteiger partial charge in [-0.05, 0) is 75.8 Å². The van der Waals surface area contributed by atoms with Crippen LogP contribution >= 0.6 is 12.2 Å². The highest BCUT2D eigenvalue weighted by Gasteiger charge is 2.08. The van der Waals surface area contributed by atoms with Crippen molar-refractivity contribution in [3.05, 3.63) is 53.3 Å². The second kappa shape index (κ2) is 8.11. The maximum atomic E-state index is 13.6. The maximum Gasteiger partial charge on any atom is 0.175 e. The minimum absolute atomic E-state index is 0.248. The molecule has 0 unspecified atom stereocenters. The Morgan fingerprint density at radius 3 is 2.33 bits per heavy atom. The number of rotatable bonds is 5. The first kappa shape index (κ1) is 18.2. The molecule has 0 fully saturated rings. The van der Waals surface area contributed by atoms with Crippen LogP contribution < -0.4 is 15.5 Å². The van der Waals surface area contributed by atoms with Gasteiger partial charge in [-0.1, -0.05) is 6.07 Å². The van der Waals surface area contributed by atoms with E-state index in [9.17, 15) is 4.39 Å². The summed E-state index contributed by atoms with van der Waals surface area (Å²) in [5.74, 6) is -0.248. The van der Waals surface area contributed by atoms with E-state index in [1.165, 1.54) is 11.8 Å². The summed E-state index contributed by atoms with van der Waals surface area (Å²) in [5, 5.41) is 6.69. The molecule has 0 aliphatic heterocycles. The Bertz CT molecular complexity index is 727. The van der Waals surface area contributed by atoms with Gasteiger partial charge in [0.25, 0.3) is 0 Å². The smallest absolute Gasteiger partial charge is 0.175 e. The Balaban J connectivity index is 2.10. The summed E-state index contributed by atoms with van der Waals surface area (Å²) < 4.78 is 13.6. The number of hydrogen-bond acceptors (Lipinski definition) is 2. The van der Waals surface area contributed by atoms with Crippen molar-refractivity contribution in [3.63, 3.8) is 0 Å². The van der Waals surface area contributed by atoms with Gasteiger partial charge in [-0.2, -0.15) is 0 Å². The highest BCUT2D eigenvalue weighted by molar-refractivity contribution is 7.80. The molecule has 0 aromatic heterocycles. The molecule has 0 saturated carbocycles. The van der Waals surface area contributed by atoms with Crippen LogP contribution in [0.25, 0.3) is 0 Å². The lowest BCUT2D eigenvalue weighted by atomic mass is 10.1. The zero-order valence-corrected chi connectivity index (χ0v) is 15.4. The topological polar surface area (TPSA) is 27.3 Å². The predicted octanol–water partition coefficient (Wildman–Crippen LogP) is 5.10. The van der Waals surface area contributed by atoms with Crippen molar-refractivity contribution in [1.82, 2.24) is 0 Å². The zero-order valence-electron chi connectivity index (χ0n) is 14.6.